The highest BCUT2D eigenvalue weighted by Gasteiger charge is 2.25. The number of benzene rings is 2. The van der Waals surface area contributed by atoms with Gasteiger partial charge in [0.2, 0.25) is 11.8 Å². The summed E-state index contributed by atoms with van der Waals surface area (Å²) in [5.74, 6) is -1.24. The summed E-state index contributed by atoms with van der Waals surface area (Å²) in [5, 5.41) is 26.3. The highest BCUT2D eigenvalue weighted by molar-refractivity contribution is 5.86. The third kappa shape index (κ3) is 7.04. The molecule has 0 aliphatic rings. The number of para-hydroxylation sites is 1. The number of H-pyrrole nitrogens is 1. The number of aliphatic hydroxyl groups is 2. The standard InChI is InChI=1S/C27H33N3O4/c1-2-8-20(15-26(33)29-22(17-31)13-19-9-4-3-5-10-19)27(34)30-23(18-32)14-21-16-28-25-12-7-6-11-24(21)25/h2-7,9-12,16,20,22-23,28,31-32H,1,8,13-15,17-18H2,(H,29,33)(H,30,34)/t20-,22+,23-/m0/s1. The molecule has 0 fully saturated rings. The van der Waals surface area contributed by atoms with E-state index in [4.69, 9.17) is 0 Å². The maximum absolute atomic E-state index is 13.0. The number of aromatic nitrogens is 1. The Balaban J connectivity index is 1.58. The predicted octanol–water partition coefficient (Wildman–Crippen LogP) is 2.49. The summed E-state index contributed by atoms with van der Waals surface area (Å²) in [6.45, 7) is 3.29. The van der Waals surface area contributed by atoms with Crippen molar-refractivity contribution in [2.45, 2.75) is 37.8 Å². The number of nitrogens with one attached hydrogen (secondary N) is 3. The quantitative estimate of drug-likeness (QED) is 0.251. The van der Waals surface area contributed by atoms with Crippen LogP contribution in [-0.2, 0) is 22.4 Å². The highest BCUT2D eigenvalue weighted by Crippen LogP contribution is 2.19. The highest BCUT2D eigenvalue weighted by atomic mass is 16.3. The van der Waals surface area contributed by atoms with E-state index >= 15 is 0 Å². The van der Waals surface area contributed by atoms with Crippen molar-refractivity contribution in [3.05, 3.63) is 84.6 Å². The second-order valence-corrected chi connectivity index (χ2v) is 8.51. The summed E-state index contributed by atoms with van der Waals surface area (Å²) in [6.07, 6.45) is 4.75. The maximum atomic E-state index is 13.0. The molecular formula is C27H33N3O4. The van der Waals surface area contributed by atoms with Gasteiger partial charge in [-0.3, -0.25) is 9.59 Å². The molecule has 3 atom stereocenters. The van der Waals surface area contributed by atoms with Gasteiger partial charge < -0.3 is 25.8 Å². The average Bonchev–Trinajstić information content (AvgIpc) is 3.26. The van der Waals surface area contributed by atoms with Gasteiger partial charge in [0.05, 0.1) is 31.2 Å². The predicted molar refractivity (Wildman–Crippen MR) is 133 cm³/mol. The van der Waals surface area contributed by atoms with Gasteiger partial charge in [-0.25, -0.2) is 0 Å². The molecule has 0 radical (unpaired) electrons. The number of carbonyl (C=O) groups excluding carboxylic acids is 2. The number of amides is 2. The van der Waals surface area contributed by atoms with E-state index in [1.165, 1.54) is 0 Å². The van der Waals surface area contributed by atoms with Crippen LogP contribution in [0, 0.1) is 5.92 Å². The van der Waals surface area contributed by atoms with Crippen LogP contribution in [0.1, 0.15) is 24.0 Å². The van der Waals surface area contributed by atoms with E-state index in [0.717, 1.165) is 22.0 Å². The molecular weight excluding hydrogens is 430 g/mol. The molecule has 180 valence electrons. The van der Waals surface area contributed by atoms with Crippen LogP contribution in [0.3, 0.4) is 0 Å². The minimum absolute atomic E-state index is 0.0334. The molecule has 7 nitrogen and oxygen atoms in total. The molecule has 1 heterocycles. The first kappa shape index (κ1) is 25.2. The van der Waals surface area contributed by atoms with E-state index in [1.807, 2.05) is 60.8 Å². The van der Waals surface area contributed by atoms with Crippen LogP contribution < -0.4 is 10.6 Å². The molecule has 2 amide bonds. The lowest BCUT2D eigenvalue weighted by Gasteiger charge is -2.22. The number of carbonyl (C=O) groups is 2. The van der Waals surface area contributed by atoms with Gasteiger partial charge in [-0.05, 0) is 36.5 Å². The molecule has 5 N–H and O–H groups in total. The van der Waals surface area contributed by atoms with Crippen molar-refractivity contribution in [2.75, 3.05) is 13.2 Å². The zero-order valence-corrected chi connectivity index (χ0v) is 19.2. The first-order valence-corrected chi connectivity index (χ1v) is 11.5. The number of hydrogen-bond acceptors (Lipinski definition) is 4. The monoisotopic (exact) mass is 463 g/mol. The van der Waals surface area contributed by atoms with Crippen LogP contribution >= 0.6 is 0 Å². The summed E-state index contributed by atoms with van der Waals surface area (Å²) >= 11 is 0. The second-order valence-electron chi connectivity index (χ2n) is 8.51. The van der Waals surface area contributed by atoms with Crippen LogP contribution in [-0.4, -0.2) is 52.3 Å². The smallest absolute Gasteiger partial charge is 0.224 e. The van der Waals surface area contributed by atoms with E-state index in [0.29, 0.717) is 19.3 Å². The average molecular weight is 464 g/mol. The summed E-state index contributed by atoms with van der Waals surface area (Å²) in [6, 6.07) is 16.5. The minimum atomic E-state index is -0.620. The third-order valence-electron chi connectivity index (χ3n) is 5.87. The largest absolute Gasteiger partial charge is 0.394 e. The molecule has 0 saturated heterocycles. The summed E-state index contributed by atoms with van der Waals surface area (Å²) in [7, 11) is 0. The van der Waals surface area contributed by atoms with Gasteiger partial charge in [0.1, 0.15) is 0 Å². The fraction of sp³-hybridized carbons (Fsp3) is 0.333. The zero-order valence-electron chi connectivity index (χ0n) is 19.2. The first-order chi connectivity index (χ1) is 16.5. The van der Waals surface area contributed by atoms with Gasteiger partial charge in [0.25, 0.3) is 0 Å². The van der Waals surface area contributed by atoms with Crippen molar-refractivity contribution in [1.29, 1.82) is 0 Å². The van der Waals surface area contributed by atoms with Crippen LogP contribution in [0.2, 0.25) is 0 Å². The van der Waals surface area contributed by atoms with Crippen LogP contribution in [0.5, 0.6) is 0 Å². The normalized spacial score (nSPS) is 13.7. The van der Waals surface area contributed by atoms with Gasteiger partial charge >= 0.3 is 0 Å². The van der Waals surface area contributed by atoms with Crippen molar-refractivity contribution >= 4 is 22.7 Å². The molecule has 3 rings (SSSR count). The SMILES string of the molecule is C=CC[C@@H](CC(=O)N[C@@H](CO)Cc1ccccc1)C(=O)N[C@H](CO)Cc1c[nH]c2ccccc12. The molecule has 0 saturated carbocycles. The van der Waals surface area contributed by atoms with Gasteiger partial charge in [-0.15, -0.1) is 6.58 Å². The van der Waals surface area contributed by atoms with E-state index < -0.39 is 18.0 Å². The van der Waals surface area contributed by atoms with E-state index in [-0.39, 0.29) is 31.4 Å². The molecule has 0 aliphatic carbocycles. The van der Waals surface area contributed by atoms with Gasteiger partial charge in [-0.2, -0.15) is 0 Å². The Kier molecular flexibility index (Phi) is 9.43. The molecule has 34 heavy (non-hydrogen) atoms. The third-order valence-corrected chi connectivity index (χ3v) is 5.87. The van der Waals surface area contributed by atoms with Crippen molar-refractivity contribution < 1.29 is 19.8 Å². The Hall–Kier alpha value is -3.42. The number of aromatic amines is 1. The lowest BCUT2D eigenvalue weighted by atomic mass is 9.97. The van der Waals surface area contributed by atoms with Crippen LogP contribution in [0.15, 0.2) is 73.4 Å². The number of rotatable bonds is 13. The lowest BCUT2D eigenvalue weighted by molar-refractivity contribution is -0.131. The van der Waals surface area contributed by atoms with Gasteiger partial charge in [0.15, 0.2) is 0 Å². The Morgan fingerprint density at radius 3 is 2.32 bits per heavy atom. The number of fused-ring (bicyclic) bond motifs is 1. The molecule has 3 aromatic rings. The molecule has 1 aromatic heterocycles. The van der Waals surface area contributed by atoms with Gasteiger partial charge in [0, 0.05) is 23.5 Å². The molecule has 0 unspecified atom stereocenters. The first-order valence-electron chi connectivity index (χ1n) is 11.5. The number of allylic oxidation sites excluding steroid dienone is 1. The lowest BCUT2D eigenvalue weighted by Crippen LogP contribution is -2.45. The van der Waals surface area contributed by atoms with Crippen molar-refractivity contribution in [1.82, 2.24) is 15.6 Å². The Labute approximate surface area is 199 Å². The van der Waals surface area contributed by atoms with E-state index in [2.05, 4.69) is 22.2 Å². The minimum Gasteiger partial charge on any atom is -0.394 e. The zero-order chi connectivity index (χ0) is 24.3. The van der Waals surface area contributed by atoms with Crippen molar-refractivity contribution in [2.24, 2.45) is 5.92 Å². The molecule has 7 heteroatoms. The Bertz CT molecular complexity index is 1080. The molecule has 0 spiro atoms. The maximum Gasteiger partial charge on any atom is 0.224 e. The fourth-order valence-corrected chi connectivity index (χ4v) is 4.10. The second kappa shape index (κ2) is 12.7. The Morgan fingerprint density at radius 1 is 0.941 bits per heavy atom. The number of hydrogen-bond donors (Lipinski definition) is 5. The Morgan fingerprint density at radius 2 is 1.62 bits per heavy atom. The summed E-state index contributed by atoms with van der Waals surface area (Å²) in [5.41, 5.74) is 3.00. The van der Waals surface area contributed by atoms with Crippen LogP contribution in [0.4, 0.5) is 0 Å². The molecule has 2 aromatic carbocycles. The van der Waals surface area contributed by atoms with Gasteiger partial charge in [-0.1, -0.05) is 54.6 Å². The van der Waals surface area contributed by atoms with Crippen molar-refractivity contribution in [3.8, 4) is 0 Å². The van der Waals surface area contributed by atoms with Crippen molar-refractivity contribution in [3.63, 3.8) is 0 Å². The number of aliphatic hydroxyl groups excluding tert-OH is 2. The van der Waals surface area contributed by atoms with Crippen LogP contribution in [0.25, 0.3) is 10.9 Å². The summed E-state index contributed by atoms with van der Waals surface area (Å²) < 4.78 is 0. The molecule has 0 aliphatic heterocycles. The van der Waals surface area contributed by atoms with E-state index in [1.54, 1.807) is 6.08 Å². The van der Waals surface area contributed by atoms with E-state index in [9.17, 15) is 19.8 Å². The molecule has 0 bridgehead atoms. The fourth-order valence-electron chi connectivity index (χ4n) is 4.10. The summed E-state index contributed by atoms with van der Waals surface area (Å²) in [4.78, 5) is 28.8. The topological polar surface area (TPSA) is 114 Å².